The molecular formula is C20H34N2O3S. The Kier molecular flexibility index (Phi) is 6.88. The maximum atomic E-state index is 12.9. The summed E-state index contributed by atoms with van der Waals surface area (Å²) in [6, 6.07) is 3.89. The third-order valence-electron chi connectivity index (χ3n) is 5.36. The number of aliphatic hydroxyl groups excluding tert-OH is 1. The van der Waals surface area contributed by atoms with E-state index in [2.05, 4.69) is 36.5 Å². The first-order valence-electron chi connectivity index (χ1n) is 9.49. The van der Waals surface area contributed by atoms with Crippen LogP contribution in [0.25, 0.3) is 0 Å². The van der Waals surface area contributed by atoms with Crippen molar-refractivity contribution in [2.75, 3.05) is 32.8 Å². The van der Waals surface area contributed by atoms with Gasteiger partial charge in [0.1, 0.15) is 0 Å². The molecule has 2 rings (SSSR count). The number of aliphatic hydroxyl groups is 1. The third kappa shape index (κ3) is 5.28. The van der Waals surface area contributed by atoms with Crippen molar-refractivity contribution in [1.29, 1.82) is 0 Å². The molecule has 6 heteroatoms. The number of aryl methyl sites for hydroxylation is 1. The second-order valence-electron chi connectivity index (χ2n) is 8.56. The summed E-state index contributed by atoms with van der Waals surface area (Å²) in [5.41, 5.74) is 2.74. The molecule has 1 aromatic rings. The number of benzene rings is 1. The molecule has 148 valence electrons. The van der Waals surface area contributed by atoms with Crippen molar-refractivity contribution in [2.45, 2.75) is 57.8 Å². The van der Waals surface area contributed by atoms with Gasteiger partial charge in [-0.1, -0.05) is 26.8 Å². The number of sulfonamides is 1. The van der Waals surface area contributed by atoms with Crippen LogP contribution in [-0.4, -0.2) is 51.2 Å². The summed E-state index contributed by atoms with van der Waals surface area (Å²) < 4.78 is 28.5. The van der Waals surface area contributed by atoms with Gasteiger partial charge in [-0.05, 0) is 67.3 Å². The van der Waals surface area contributed by atoms with Gasteiger partial charge in [-0.3, -0.25) is 0 Å². The smallest absolute Gasteiger partial charge is 0.240 e. The number of hydrogen-bond acceptors (Lipinski definition) is 4. The maximum absolute atomic E-state index is 12.9. The van der Waals surface area contributed by atoms with Crippen LogP contribution in [0.1, 0.15) is 50.3 Å². The zero-order valence-corrected chi connectivity index (χ0v) is 17.6. The summed E-state index contributed by atoms with van der Waals surface area (Å²) in [4.78, 5) is 2.62. The number of likely N-dealkylation sites (tertiary alicyclic amines) is 1. The average Bonchev–Trinajstić information content (AvgIpc) is 2.56. The minimum atomic E-state index is -3.54. The van der Waals surface area contributed by atoms with E-state index in [1.54, 1.807) is 0 Å². The summed E-state index contributed by atoms with van der Waals surface area (Å²) in [5.74, 6) is 0.314. The molecule has 0 aliphatic carbocycles. The standard InChI is InChI=1S/C20H34N2O3S/c1-15-11-18(20(3,4)5)12-19(16(15)2)26(24,25)21-8-10-22-9-6-7-17(13-22)14-23/h11-12,17,21,23H,6-10,13-14H2,1-5H3. The van der Waals surface area contributed by atoms with Crippen LogP contribution >= 0.6 is 0 Å². The van der Waals surface area contributed by atoms with Gasteiger partial charge in [0, 0.05) is 26.2 Å². The average molecular weight is 383 g/mol. The molecular weight excluding hydrogens is 348 g/mol. The Morgan fingerprint density at radius 1 is 1.27 bits per heavy atom. The highest BCUT2D eigenvalue weighted by Crippen LogP contribution is 2.29. The van der Waals surface area contributed by atoms with Gasteiger partial charge in [0.05, 0.1) is 4.90 Å². The van der Waals surface area contributed by atoms with Crippen LogP contribution in [0.2, 0.25) is 0 Å². The first kappa shape index (κ1) is 21.4. The van der Waals surface area contributed by atoms with Gasteiger partial charge in [-0.15, -0.1) is 0 Å². The highest BCUT2D eigenvalue weighted by Gasteiger charge is 2.24. The third-order valence-corrected chi connectivity index (χ3v) is 6.94. The zero-order chi connectivity index (χ0) is 19.5. The van der Waals surface area contributed by atoms with E-state index in [9.17, 15) is 13.5 Å². The van der Waals surface area contributed by atoms with E-state index in [0.29, 0.717) is 23.9 Å². The number of hydrogen-bond donors (Lipinski definition) is 2. The Bertz CT molecular complexity index is 723. The molecule has 1 aliphatic heterocycles. The minimum Gasteiger partial charge on any atom is -0.396 e. The van der Waals surface area contributed by atoms with Crippen LogP contribution in [0.15, 0.2) is 17.0 Å². The fourth-order valence-electron chi connectivity index (χ4n) is 3.46. The SMILES string of the molecule is Cc1cc(C(C)(C)C)cc(S(=O)(=O)NCCN2CCCC(CO)C2)c1C. The summed E-state index contributed by atoms with van der Waals surface area (Å²) >= 11 is 0. The number of nitrogens with zero attached hydrogens (tertiary/aromatic N) is 1. The van der Waals surface area contributed by atoms with E-state index >= 15 is 0 Å². The molecule has 1 saturated heterocycles. The summed E-state index contributed by atoms with van der Waals surface area (Å²) in [5, 5.41) is 9.32. The highest BCUT2D eigenvalue weighted by atomic mass is 32.2. The lowest BCUT2D eigenvalue weighted by Crippen LogP contribution is -2.41. The van der Waals surface area contributed by atoms with E-state index in [0.717, 1.165) is 42.6 Å². The van der Waals surface area contributed by atoms with Crippen LogP contribution in [0.5, 0.6) is 0 Å². The van der Waals surface area contributed by atoms with Crippen LogP contribution < -0.4 is 4.72 Å². The fraction of sp³-hybridized carbons (Fsp3) is 0.700. The first-order chi connectivity index (χ1) is 12.0. The highest BCUT2D eigenvalue weighted by molar-refractivity contribution is 7.89. The van der Waals surface area contributed by atoms with E-state index in [-0.39, 0.29) is 12.0 Å². The summed E-state index contributed by atoms with van der Waals surface area (Å²) in [6.07, 6.45) is 2.11. The Morgan fingerprint density at radius 2 is 1.96 bits per heavy atom. The van der Waals surface area contributed by atoms with E-state index in [1.807, 2.05) is 19.9 Å². The molecule has 1 unspecified atom stereocenters. The molecule has 5 nitrogen and oxygen atoms in total. The second kappa shape index (κ2) is 8.38. The molecule has 0 saturated carbocycles. The Hall–Kier alpha value is -0.950. The largest absolute Gasteiger partial charge is 0.396 e. The molecule has 1 atom stereocenters. The van der Waals surface area contributed by atoms with E-state index in [4.69, 9.17) is 0 Å². The quantitative estimate of drug-likeness (QED) is 0.793. The number of nitrogens with one attached hydrogen (secondary N) is 1. The molecule has 0 bridgehead atoms. The van der Waals surface area contributed by atoms with Gasteiger partial charge in [-0.25, -0.2) is 13.1 Å². The molecule has 26 heavy (non-hydrogen) atoms. The van der Waals surface area contributed by atoms with Gasteiger partial charge in [0.2, 0.25) is 10.0 Å². The molecule has 2 N–H and O–H groups in total. The van der Waals surface area contributed by atoms with Crippen LogP contribution in [0, 0.1) is 19.8 Å². The number of rotatable bonds is 6. The predicted molar refractivity (Wildman–Crippen MR) is 106 cm³/mol. The van der Waals surface area contributed by atoms with Gasteiger partial charge >= 0.3 is 0 Å². The topological polar surface area (TPSA) is 69.6 Å². The van der Waals surface area contributed by atoms with Crippen molar-refractivity contribution >= 4 is 10.0 Å². The number of piperidine rings is 1. The molecule has 0 spiro atoms. The van der Waals surface area contributed by atoms with Crippen molar-refractivity contribution in [2.24, 2.45) is 5.92 Å². The molecule has 1 aliphatic rings. The lowest BCUT2D eigenvalue weighted by atomic mass is 9.85. The van der Waals surface area contributed by atoms with Gasteiger partial charge in [-0.2, -0.15) is 0 Å². The summed E-state index contributed by atoms with van der Waals surface area (Å²) in [7, 11) is -3.54. The van der Waals surface area contributed by atoms with Crippen molar-refractivity contribution in [3.63, 3.8) is 0 Å². The predicted octanol–water partition coefficient (Wildman–Crippen LogP) is 2.58. The fourth-order valence-corrected chi connectivity index (χ4v) is 4.82. The lowest BCUT2D eigenvalue weighted by Gasteiger charge is -2.31. The molecule has 1 aromatic carbocycles. The van der Waals surface area contributed by atoms with Gasteiger partial charge < -0.3 is 10.0 Å². The minimum absolute atomic E-state index is 0.101. The molecule has 1 heterocycles. The van der Waals surface area contributed by atoms with Crippen LogP contribution in [0.3, 0.4) is 0 Å². The summed E-state index contributed by atoms with van der Waals surface area (Å²) in [6.45, 7) is 13.2. The molecule has 1 fully saturated rings. The second-order valence-corrected chi connectivity index (χ2v) is 10.3. The zero-order valence-electron chi connectivity index (χ0n) is 16.8. The molecule has 0 aromatic heterocycles. The van der Waals surface area contributed by atoms with E-state index in [1.165, 1.54) is 0 Å². The van der Waals surface area contributed by atoms with Gasteiger partial charge in [0.15, 0.2) is 0 Å². The van der Waals surface area contributed by atoms with Crippen LogP contribution in [0.4, 0.5) is 0 Å². The lowest BCUT2D eigenvalue weighted by molar-refractivity contribution is 0.122. The normalized spacial score (nSPS) is 19.7. The Morgan fingerprint density at radius 3 is 2.58 bits per heavy atom. The monoisotopic (exact) mass is 382 g/mol. The van der Waals surface area contributed by atoms with Crippen molar-refractivity contribution in [3.05, 3.63) is 28.8 Å². The Labute approximate surface area is 158 Å². The molecule has 0 amide bonds. The van der Waals surface area contributed by atoms with E-state index < -0.39 is 10.0 Å². The first-order valence-corrected chi connectivity index (χ1v) is 11.0. The van der Waals surface area contributed by atoms with Gasteiger partial charge in [0.25, 0.3) is 0 Å². The van der Waals surface area contributed by atoms with Crippen molar-refractivity contribution in [3.8, 4) is 0 Å². The van der Waals surface area contributed by atoms with Crippen molar-refractivity contribution < 1.29 is 13.5 Å². The van der Waals surface area contributed by atoms with Crippen LogP contribution in [-0.2, 0) is 15.4 Å². The van der Waals surface area contributed by atoms with Crippen molar-refractivity contribution in [1.82, 2.24) is 9.62 Å². The Balaban J connectivity index is 2.09. The maximum Gasteiger partial charge on any atom is 0.240 e. The molecule has 0 radical (unpaired) electrons.